The molecule has 216 valence electrons. The number of phenolic OH excluding ortho intramolecular Hbond substituents is 1. The smallest absolute Gasteiger partial charge is 0.255 e. The Morgan fingerprint density at radius 2 is 1.90 bits per heavy atom. The topological polar surface area (TPSA) is 165 Å². The zero-order valence-electron chi connectivity index (χ0n) is 22.9. The van der Waals surface area contributed by atoms with Gasteiger partial charge in [-0.15, -0.1) is 0 Å². The number of aromatic hydroxyl groups is 1. The molecule has 3 aliphatic carbocycles. The number of rotatable bonds is 4. The summed E-state index contributed by atoms with van der Waals surface area (Å²) in [5, 5.41) is 45.5. The van der Waals surface area contributed by atoms with Crippen LogP contribution in [-0.4, -0.2) is 86.0 Å². The van der Waals surface area contributed by atoms with E-state index in [1.807, 2.05) is 0 Å². The number of hydrogen-bond donors (Lipinski definition) is 5. The van der Waals surface area contributed by atoms with Crippen molar-refractivity contribution in [3.05, 3.63) is 44.7 Å². The maximum Gasteiger partial charge on any atom is 0.255 e. The van der Waals surface area contributed by atoms with E-state index in [0.717, 1.165) is 32.2 Å². The lowest BCUT2D eigenvalue weighted by Gasteiger charge is -2.50. The van der Waals surface area contributed by atoms with Crippen molar-refractivity contribution < 1.29 is 34.8 Å². The van der Waals surface area contributed by atoms with Crippen molar-refractivity contribution in [1.82, 2.24) is 9.80 Å². The number of phenols is 1. The number of primary amides is 1. The minimum Gasteiger partial charge on any atom is -0.508 e. The van der Waals surface area contributed by atoms with Crippen molar-refractivity contribution in [1.29, 1.82) is 0 Å². The SMILES string of the molecule is CC1CCCCCN1Cc1cc(O)c2c(c1Cl)C[C@H]1C[C@H]3[C@H](N(C)C)C(=O)C(C(N)=O)=C(O)[C@@]3(O)C(=O)C1=C2O. The molecule has 1 aromatic rings. The fourth-order valence-corrected chi connectivity index (χ4v) is 7.54. The number of likely N-dealkylation sites (N-methyl/N-ethyl adjacent to an activating group) is 1. The second-order valence-corrected chi connectivity index (χ2v) is 12.2. The van der Waals surface area contributed by atoms with Gasteiger partial charge in [-0.2, -0.15) is 0 Å². The highest BCUT2D eigenvalue weighted by Gasteiger charge is 2.64. The molecule has 5 atom stereocenters. The molecule has 6 N–H and O–H groups in total. The Labute approximate surface area is 237 Å². The molecule has 0 spiro atoms. The van der Waals surface area contributed by atoms with Crippen molar-refractivity contribution in [3.8, 4) is 5.75 Å². The van der Waals surface area contributed by atoms with Gasteiger partial charge in [-0.1, -0.05) is 24.4 Å². The van der Waals surface area contributed by atoms with E-state index in [1.54, 1.807) is 14.1 Å². The monoisotopic (exact) mass is 573 g/mol. The van der Waals surface area contributed by atoms with E-state index < -0.39 is 58.0 Å². The first-order chi connectivity index (χ1) is 18.8. The van der Waals surface area contributed by atoms with E-state index in [4.69, 9.17) is 17.3 Å². The number of aliphatic hydroxyl groups excluding tert-OH is 2. The normalized spacial score (nSPS) is 31.1. The molecule has 0 radical (unpaired) electrons. The minimum atomic E-state index is -2.66. The number of amides is 1. The molecule has 10 nitrogen and oxygen atoms in total. The second kappa shape index (κ2) is 10.2. The molecule has 1 aromatic carbocycles. The fourth-order valence-electron chi connectivity index (χ4n) is 7.25. The van der Waals surface area contributed by atoms with Gasteiger partial charge < -0.3 is 26.2 Å². The number of ketones is 2. The second-order valence-electron chi connectivity index (χ2n) is 11.9. The number of halogens is 1. The lowest BCUT2D eigenvalue weighted by atomic mass is 9.57. The van der Waals surface area contributed by atoms with Gasteiger partial charge in [0.15, 0.2) is 11.4 Å². The number of likely N-dealkylation sites (tertiary alicyclic amines) is 1. The maximum atomic E-state index is 13.9. The third-order valence-electron chi connectivity index (χ3n) is 9.29. The zero-order chi connectivity index (χ0) is 29.3. The van der Waals surface area contributed by atoms with Crippen molar-refractivity contribution in [3.63, 3.8) is 0 Å². The van der Waals surface area contributed by atoms with Gasteiger partial charge in [0.05, 0.1) is 11.6 Å². The molecule has 1 unspecified atom stereocenters. The molecule has 40 heavy (non-hydrogen) atoms. The van der Waals surface area contributed by atoms with Gasteiger partial charge in [-0.25, -0.2) is 0 Å². The van der Waals surface area contributed by atoms with Crippen molar-refractivity contribution in [2.24, 2.45) is 17.6 Å². The molecule has 11 heteroatoms. The van der Waals surface area contributed by atoms with Crippen LogP contribution in [0.25, 0.3) is 5.76 Å². The molecule has 1 aliphatic heterocycles. The largest absolute Gasteiger partial charge is 0.508 e. The molecular weight excluding hydrogens is 538 g/mol. The first-order valence-corrected chi connectivity index (χ1v) is 14.1. The first-order valence-electron chi connectivity index (χ1n) is 13.7. The molecule has 1 amide bonds. The summed E-state index contributed by atoms with van der Waals surface area (Å²) in [6, 6.07) is 0.727. The minimum absolute atomic E-state index is 0.00829. The molecule has 1 heterocycles. The predicted molar refractivity (Wildman–Crippen MR) is 148 cm³/mol. The molecule has 1 saturated heterocycles. The number of carbonyl (C=O) groups is 3. The Morgan fingerprint density at radius 3 is 2.55 bits per heavy atom. The molecule has 1 saturated carbocycles. The number of nitrogens with two attached hydrogens (primary N) is 1. The predicted octanol–water partition coefficient (Wildman–Crippen LogP) is 2.38. The number of nitrogens with zero attached hydrogens (tertiary/aromatic N) is 2. The van der Waals surface area contributed by atoms with Gasteiger partial charge in [0.25, 0.3) is 5.91 Å². The van der Waals surface area contributed by atoms with E-state index >= 15 is 0 Å². The summed E-state index contributed by atoms with van der Waals surface area (Å²) < 4.78 is 0. The average molecular weight is 574 g/mol. The highest BCUT2D eigenvalue weighted by atomic mass is 35.5. The van der Waals surface area contributed by atoms with Crippen LogP contribution in [0.4, 0.5) is 0 Å². The summed E-state index contributed by atoms with van der Waals surface area (Å²) in [4.78, 5) is 43.1. The number of carbonyl (C=O) groups excluding carboxylic acids is 3. The van der Waals surface area contributed by atoms with Crippen LogP contribution < -0.4 is 5.73 Å². The lowest BCUT2D eigenvalue weighted by Crippen LogP contribution is -2.65. The maximum absolute atomic E-state index is 13.9. The van der Waals surface area contributed by atoms with Crippen molar-refractivity contribution in [2.45, 2.75) is 69.7 Å². The highest BCUT2D eigenvalue weighted by Crippen LogP contribution is 2.53. The Morgan fingerprint density at radius 1 is 1.20 bits per heavy atom. The Bertz CT molecular complexity index is 1370. The van der Waals surface area contributed by atoms with Crippen molar-refractivity contribution >= 4 is 34.8 Å². The average Bonchev–Trinajstić information content (AvgIpc) is 3.07. The van der Waals surface area contributed by atoms with Gasteiger partial charge in [-0.05, 0) is 76.4 Å². The van der Waals surface area contributed by atoms with Gasteiger partial charge in [0, 0.05) is 29.1 Å². The number of Topliss-reactive ketones (excluding diaryl/α,β-unsaturated/α-hetero) is 2. The molecule has 0 bridgehead atoms. The van der Waals surface area contributed by atoms with Gasteiger partial charge in [-0.3, -0.25) is 24.2 Å². The zero-order valence-corrected chi connectivity index (χ0v) is 23.7. The summed E-state index contributed by atoms with van der Waals surface area (Å²) in [6.45, 7) is 3.61. The van der Waals surface area contributed by atoms with E-state index in [2.05, 4.69) is 11.8 Å². The van der Waals surface area contributed by atoms with E-state index in [-0.39, 0.29) is 29.7 Å². The van der Waals surface area contributed by atoms with Crippen molar-refractivity contribution in [2.75, 3.05) is 20.6 Å². The number of fused-ring (bicyclic) bond motifs is 3. The molecule has 0 aromatic heterocycles. The summed E-state index contributed by atoms with van der Waals surface area (Å²) >= 11 is 6.92. The van der Waals surface area contributed by atoms with Gasteiger partial charge in [0.1, 0.15) is 22.8 Å². The van der Waals surface area contributed by atoms with Crippen LogP contribution >= 0.6 is 11.6 Å². The number of benzene rings is 1. The van der Waals surface area contributed by atoms with Crippen LogP contribution in [0.3, 0.4) is 0 Å². The van der Waals surface area contributed by atoms with Crippen LogP contribution in [0, 0.1) is 11.8 Å². The third kappa shape index (κ3) is 4.15. The summed E-state index contributed by atoms with van der Waals surface area (Å²) in [7, 11) is 3.14. The Hall–Kier alpha value is -2.92. The highest BCUT2D eigenvalue weighted by molar-refractivity contribution is 6.32. The lowest BCUT2D eigenvalue weighted by molar-refractivity contribution is -0.153. The quantitative estimate of drug-likeness (QED) is 0.340. The summed E-state index contributed by atoms with van der Waals surface area (Å²) in [5.41, 5.74) is 2.90. The van der Waals surface area contributed by atoms with E-state index in [1.165, 1.54) is 11.0 Å². The van der Waals surface area contributed by atoms with Crippen LogP contribution in [0.1, 0.15) is 55.7 Å². The molecule has 2 fully saturated rings. The molecule has 5 rings (SSSR count). The summed E-state index contributed by atoms with van der Waals surface area (Å²) in [5.74, 6) is -6.75. The number of aliphatic hydroxyl groups is 3. The number of hydrogen-bond acceptors (Lipinski definition) is 9. The molecule has 4 aliphatic rings. The fraction of sp³-hybridized carbons (Fsp3) is 0.552. The standard InChI is InChI=1S/C29H36ClN3O7/c1-13-7-5-4-6-8-33(13)12-15-11-18(34)20-16(22(15)30)9-14-10-17-23(32(2)3)25(36)21(28(31)39)27(38)29(17,40)26(37)19(14)24(20)35/h11,13-14,17,23,34-35,38,40H,4-10,12H2,1-3H3,(H2,31,39)/t13?,14-,17-,23-,29-/m0/s1. The van der Waals surface area contributed by atoms with Crippen LogP contribution in [0.2, 0.25) is 5.02 Å². The van der Waals surface area contributed by atoms with Gasteiger partial charge >= 0.3 is 0 Å². The summed E-state index contributed by atoms with van der Waals surface area (Å²) in [6.07, 6.45) is 4.66. The Balaban J connectivity index is 1.62. The van der Waals surface area contributed by atoms with E-state index in [9.17, 15) is 34.8 Å². The van der Waals surface area contributed by atoms with Crippen LogP contribution in [-0.2, 0) is 27.3 Å². The molecular formula is C29H36ClN3O7. The Kier molecular flexibility index (Phi) is 7.27. The third-order valence-corrected chi connectivity index (χ3v) is 9.76. The van der Waals surface area contributed by atoms with Crippen LogP contribution in [0.5, 0.6) is 5.75 Å². The van der Waals surface area contributed by atoms with Crippen LogP contribution in [0.15, 0.2) is 23.0 Å². The van der Waals surface area contributed by atoms with Gasteiger partial charge in [0.2, 0.25) is 5.78 Å². The first kappa shape index (κ1) is 28.6. The van der Waals surface area contributed by atoms with E-state index in [0.29, 0.717) is 28.7 Å².